The molecule has 28 heavy (non-hydrogen) atoms. The Labute approximate surface area is 161 Å². The van der Waals surface area contributed by atoms with Crippen molar-refractivity contribution in [1.82, 2.24) is 0 Å². The number of hydrogen-bond donors (Lipinski definition) is 6. The fraction of sp³-hybridized carbons (Fsp3) is 0.350. The van der Waals surface area contributed by atoms with Crippen molar-refractivity contribution in [1.29, 1.82) is 5.26 Å². The number of nitriles is 1. The van der Waals surface area contributed by atoms with Crippen LogP contribution in [0.5, 0.6) is 5.75 Å². The first-order valence-corrected chi connectivity index (χ1v) is 8.66. The van der Waals surface area contributed by atoms with Gasteiger partial charge in [0.05, 0.1) is 18.2 Å². The molecular weight excluding hydrogens is 366 g/mol. The van der Waals surface area contributed by atoms with Crippen LogP contribution in [-0.2, 0) is 16.9 Å². The average Bonchev–Trinajstić information content (AvgIpc) is 2.71. The highest BCUT2D eigenvalue weighted by Gasteiger charge is 2.53. The van der Waals surface area contributed by atoms with Crippen LogP contribution in [0.4, 0.5) is 0 Å². The number of nitrogens with zero attached hydrogens (tertiary/aromatic N) is 1. The molecule has 8 heteroatoms. The second-order valence-electron chi connectivity index (χ2n) is 6.79. The zero-order valence-corrected chi connectivity index (χ0v) is 14.8. The number of hydrogen-bond acceptors (Lipinski definition) is 8. The molecule has 0 aromatic heterocycles. The summed E-state index contributed by atoms with van der Waals surface area (Å²) in [5, 5.41) is 69.3. The number of phenolic OH excluding ortho intramolecular Hbond substituents is 1. The first-order valence-electron chi connectivity index (χ1n) is 8.66. The lowest BCUT2D eigenvalue weighted by Gasteiger charge is -2.45. The molecule has 5 atom stereocenters. The van der Waals surface area contributed by atoms with Crippen molar-refractivity contribution in [3.05, 3.63) is 64.7 Å². The minimum absolute atomic E-state index is 0.0668. The lowest BCUT2D eigenvalue weighted by atomic mass is 9.86. The monoisotopic (exact) mass is 387 g/mol. The van der Waals surface area contributed by atoms with Crippen molar-refractivity contribution < 1.29 is 35.4 Å². The Kier molecular flexibility index (Phi) is 5.67. The third-order valence-electron chi connectivity index (χ3n) is 4.94. The van der Waals surface area contributed by atoms with Crippen molar-refractivity contribution >= 4 is 0 Å². The maximum Gasteiger partial charge on any atom is 0.222 e. The van der Waals surface area contributed by atoms with Crippen molar-refractivity contribution in [3.63, 3.8) is 0 Å². The lowest BCUT2D eigenvalue weighted by molar-refractivity contribution is -0.357. The van der Waals surface area contributed by atoms with E-state index in [9.17, 15) is 35.9 Å². The van der Waals surface area contributed by atoms with Gasteiger partial charge in [0.25, 0.3) is 0 Å². The van der Waals surface area contributed by atoms with Gasteiger partial charge in [-0.05, 0) is 41.8 Å². The van der Waals surface area contributed by atoms with E-state index in [1.54, 1.807) is 12.1 Å². The number of ether oxygens (including phenoxy) is 1. The van der Waals surface area contributed by atoms with Gasteiger partial charge >= 0.3 is 0 Å². The van der Waals surface area contributed by atoms with Crippen LogP contribution in [0.2, 0.25) is 0 Å². The largest absolute Gasteiger partial charge is 0.508 e. The van der Waals surface area contributed by atoms with Crippen LogP contribution in [0.3, 0.4) is 0 Å². The van der Waals surface area contributed by atoms with Gasteiger partial charge in [0, 0.05) is 5.56 Å². The summed E-state index contributed by atoms with van der Waals surface area (Å²) in [7, 11) is 0. The molecule has 3 rings (SSSR count). The molecule has 148 valence electrons. The van der Waals surface area contributed by atoms with Crippen LogP contribution < -0.4 is 0 Å². The lowest BCUT2D eigenvalue weighted by Crippen LogP contribution is -2.63. The predicted molar refractivity (Wildman–Crippen MR) is 95.9 cm³/mol. The number of phenols is 1. The number of aliphatic hydroxyl groups excluding tert-OH is 4. The van der Waals surface area contributed by atoms with Crippen molar-refractivity contribution in [2.24, 2.45) is 0 Å². The van der Waals surface area contributed by atoms with Gasteiger partial charge in [0.15, 0.2) is 0 Å². The Morgan fingerprint density at radius 1 is 1.04 bits per heavy atom. The maximum atomic E-state index is 10.9. The summed E-state index contributed by atoms with van der Waals surface area (Å²) in [5.41, 5.74) is 1.73. The van der Waals surface area contributed by atoms with Gasteiger partial charge in [-0.25, -0.2) is 0 Å². The minimum atomic E-state index is -2.39. The van der Waals surface area contributed by atoms with E-state index in [0.29, 0.717) is 17.5 Å². The number of rotatable bonds is 4. The van der Waals surface area contributed by atoms with Crippen molar-refractivity contribution in [2.75, 3.05) is 6.61 Å². The number of benzene rings is 2. The molecule has 2 aromatic rings. The molecule has 0 aliphatic carbocycles. The molecule has 0 amide bonds. The zero-order chi connectivity index (χ0) is 20.5. The molecule has 1 aliphatic heterocycles. The summed E-state index contributed by atoms with van der Waals surface area (Å²) < 4.78 is 5.33. The smallest absolute Gasteiger partial charge is 0.222 e. The number of aromatic hydroxyl groups is 1. The normalized spacial score (nSPS) is 30.0. The molecule has 1 heterocycles. The first kappa shape index (κ1) is 20.2. The molecule has 0 unspecified atom stereocenters. The van der Waals surface area contributed by atoms with Gasteiger partial charge in [-0.15, -0.1) is 0 Å². The fourth-order valence-electron chi connectivity index (χ4n) is 3.30. The van der Waals surface area contributed by atoms with Crippen LogP contribution >= 0.6 is 0 Å². The van der Waals surface area contributed by atoms with Gasteiger partial charge < -0.3 is 35.4 Å². The molecule has 1 aliphatic rings. The predicted octanol–water partition coefficient (Wildman–Crippen LogP) is -0.526. The van der Waals surface area contributed by atoms with E-state index in [2.05, 4.69) is 6.07 Å². The van der Waals surface area contributed by atoms with Crippen molar-refractivity contribution in [2.45, 2.75) is 36.6 Å². The Bertz CT molecular complexity index is 877. The van der Waals surface area contributed by atoms with Crippen LogP contribution in [0.25, 0.3) is 0 Å². The SMILES string of the molecule is N#Cc1ccc([C@@]2(O)O[C@H](CO)[C@@H](O)[C@H](O)[C@H]2O)cc1Cc1ccc(O)cc1. The molecule has 8 nitrogen and oxygen atoms in total. The quantitative estimate of drug-likeness (QED) is 0.409. The van der Waals surface area contributed by atoms with E-state index in [4.69, 9.17) is 4.74 Å². The Hall–Kier alpha value is -2.51. The van der Waals surface area contributed by atoms with Crippen LogP contribution in [0.1, 0.15) is 22.3 Å². The fourth-order valence-corrected chi connectivity index (χ4v) is 3.30. The second kappa shape index (κ2) is 7.85. The minimum Gasteiger partial charge on any atom is -0.508 e. The van der Waals surface area contributed by atoms with E-state index < -0.39 is 36.8 Å². The molecule has 0 spiro atoms. The van der Waals surface area contributed by atoms with Gasteiger partial charge in [-0.2, -0.15) is 5.26 Å². The first-order chi connectivity index (χ1) is 13.3. The van der Waals surface area contributed by atoms with E-state index in [-0.39, 0.29) is 11.3 Å². The van der Waals surface area contributed by atoms with E-state index in [1.807, 2.05) is 0 Å². The highest BCUT2D eigenvalue weighted by molar-refractivity contribution is 5.45. The summed E-state index contributed by atoms with van der Waals surface area (Å²) in [6.07, 6.45) is -6.20. The van der Waals surface area contributed by atoms with Crippen LogP contribution in [0.15, 0.2) is 42.5 Å². The summed E-state index contributed by atoms with van der Waals surface area (Å²) in [4.78, 5) is 0. The molecule has 2 aromatic carbocycles. The van der Waals surface area contributed by atoms with Gasteiger partial charge in [-0.1, -0.05) is 18.2 Å². The average molecular weight is 387 g/mol. The van der Waals surface area contributed by atoms with Gasteiger partial charge in [0.1, 0.15) is 30.2 Å². The van der Waals surface area contributed by atoms with E-state index >= 15 is 0 Å². The van der Waals surface area contributed by atoms with Gasteiger partial charge in [-0.3, -0.25) is 0 Å². The maximum absolute atomic E-state index is 10.9. The van der Waals surface area contributed by atoms with Crippen molar-refractivity contribution in [3.8, 4) is 11.8 Å². The number of aliphatic hydroxyl groups is 5. The summed E-state index contributed by atoms with van der Waals surface area (Å²) >= 11 is 0. The third kappa shape index (κ3) is 3.59. The van der Waals surface area contributed by atoms with Gasteiger partial charge in [0.2, 0.25) is 5.79 Å². The summed E-state index contributed by atoms with van der Waals surface area (Å²) in [6, 6.07) is 12.7. The molecule has 1 fully saturated rings. The molecular formula is C20H21NO7. The Morgan fingerprint density at radius 3 is 2.32 bits per heavy atom. The molecule has 6 N–H and O–H groups in total. The topological polar surface area (TPSA) is 154 Å². The second-order valence-corrected chi connectivity index (χ2v) is 6.79. The van der Waals surface area contributed by atoms with E-state index in [0.717, 1.165) is 5.56 Å². The zero-order valence-electron chi connectivity index (χ0n) is 14.8. The highest BCUT2D eigenvalue weighted by Crippen LogP contribution is 2.37. The van der Waals surface area contributed by atoms with Crippen LogP contribution in [-0.4, -0.2) is 61.7 Å². The highest BCUT2D eigenvalue weighted by atomic mass is 16.7. The molecule has 0 radical (unpaired) electrons. The Balaban J connectivity index is 2.00. The molecule has 0 bridgehead atoms. The summed E-state index contributed by atoms with van der Waals surface area (Å²) in [5.74, 6) is -2.28. The van der Waals surface area contributed by atoms with Crippen LogP contribution in [0, 0.1) is 11.3 Å². The standard InChI is InChI=1S/C20H21NO7/c21-9-12-3-4-14(8-13(12)7-11-1-5-15(23)6-2-11)20(27)19(26)18(25)17(24)16(10-22)28-20/h1-6,8,16-19,22-27H,7,10H2/t16-,17-,18+,19-,20-/m1/s1. The summed E-state index contributed by atoms with van der Waals surface area (Å²) in [6.45, 7) is -0.677. The molecule has 1 saturated heterocycles. The molecule has 0 saturated carbocycles. The third-order valence-corrected chi connectivity index (χ3v) is 4.94. The van der Waals surface area contributed by atoms with E-state index in [1.165, 1.54) is 30.3 Å². The Morgan fingerprint density at radius 2 is 1.71 bits per heavy atom.